The van der Waals surface area contributed by atoms with E-state index < -0.39 is 0 Å². The molecule has 0 heterocycles. The molecule has 0 bridgehead atoms. The number of hydrogen-bond acceptors (Lipinski definition) is 2. The van der Waals surface area contributed by atoms with Crippen molar-refractivity contribution in [3.63, 3.8) is 0 Å². The van der Waals surface area contributed by atoms with E-state index >= 15 is 0 Å². The van der Waals surface area contributed by atoms with Crippen LogP contribution in [0.15, 0.2) is 12.2 Å². The SMILES string of the molecule is CCCCNC(=O)CNCC1CC=CCC1. The molecule has 3 nitrogen and oxygen atoms in total. The Kier molecular flexibility index (Phi) is 6.90. The summed E-state index contributed by atoms with van der Waals surface area (Å²) in [6.45, 7) is 4.36. The fraction of sp³-hybridized carbons (Fsp3) is 0.769. The molecule has 1 unspecified atom stereocenters. The van der Waals surface area contributed by atoms with Crippen molar-refractivity contribution in [1.82, 2.24) is 10.6 Å². The number of amides is 1. The summed E-state index contributed by atoms with van der Waals surface area (Å²) in [6, 6.07) is 0. The molecule has 2 N–H and O–H groups in total. The lowest BCUT2D eigenvalue weighted by Crippen LogP contribution is -2.36. The van der Waals surface area contributed by atoms with Gasteiger partial charge in [0, 0.05) is 6.54 Å². The van der Waals surface area contributed by atoms with Crippen LogP contribution >= 0.6 is 0 Å². The fourth-order valence-electron chi connectivity index (χ4n) is 1.90. The van der Waals surface area contributed by atoms with E-state index in [-0.39, 0.29) is 5.91 Å². The average molecular weight is 224 g/mol. The van der Waals surface area contributed by atoms with Gasteiger partial charge in [-0.25, -0.2) is 0 Å². The quantitative estimate of drug-likeness (QED) is 0.512. The minimum Gasteiger partial charge on any atom is -0.355 e. The number of carbonyl (C=O) groups excluding carboxylic acids is 1. The third-order valence-electron chi connectivity index (χ3n) is 2.95. The summed E-state index contributed by atoms with van der Waals surface area (Å²) in [6.07, 6.45) is 10.3. The van der Waals surface area contributed by atoms with Crippen LogP contribution in [-0.4, -0.2) is 25.5 Å². The molecule has 0 radical (unpaired) electrons. The molecule has 0 saturated heterocycles. The van der Waals surface area contributed by atoms with Gasteiger partial charge in [-0.15, -0.1) is 0 Å². The van der Waals surface area contributed by atoms with Gasteiger partial charge in [0.2, 0.25) is 5.91 Å². The second-order valence-corrected chi connectivity index (χ2v) is 4.48. The molecule has 0 aromatic carbocycles. The van der Waals surface area contributed by atoms with Crippen LogP contribution in [-0.2, 0) is 4.79 Å². The third-order valence-corrected chi connectivity index (χ3v) is 2.95. The highest BCUT2D eigenvalue weighted by Gasteiger charge is 2.09. The van der Waals surface area contributed by atoms with Gasteiger partial charge in [0.25, 0.3) is 0 Å². The number of carbonyl (C=O) groups is 1. The van der Waals surface area contributed by atoms with Crippen LogP contribution < -0.4 is 10.6 Å². The number of allylic oxidation sites excluding steroid dienone is 2. The lowest BCUT2D eigenvalue weighted by molar-refractivity contribution is -0.120. The molecule has 0 saturated carbocycles. The molecule has 0 aromatic rings. The van der Waals surface area contributed by atoms with Gasteiger partial charge in [-0.2, -0.15) is 0 Å². The molecule has 0 aromatic heterocycles. The largest absolute Gasteiger partial charge is 0.355 e. The lowest BCUT2D eigenvalue weighted by Gasteiger charge is -2.17. The van der Waals surface area contributed by atoms with Crippen molar-refractivity contribution in [3.8, 4) is 0 Å². The summed E-state index contributed by atoms with van der Waals surface area (Å²) in [7, 11) is 0. The minimum atomic E-state index is 0.125. The average Bonchev–Trinajstić information content (AvgIpc) is 2.31. The van der Waals surface area contributed by atoms with E-state index in [9.17, 15) is 4.79 Å². The standard InChI is InChI=1S/C13H24N2O/c1-2-3-9-15-13(16)11-14-10-12-7-5-4-6-8-12/h4-5,12,14H,2-3,6-11H2,1H3,(H,15,16). The predicted molar refractivity (Wildman–Crippen MR) is 67.3 cm³/mol. The van der Waals surface area contributed by atoms with E-state index in [4.69, 9.17) is 0 Å². The Bertz CT molecular complexity index is 226. The molecule has 1 aliphatic carbocycles. The smallest absolute Gasteiger partial charge is 0.233 e. The molecule has 1 aliphatic rings. The Balaban J connectivity index is 1.97. The van der Waals surface area contributed by atoms with Crippen LogP contribution in [0.25, 0.3) is 0 Å². The topological polar surface area (TPSA) is 41.1 Å². The van der Waals surface area contributed by atoms with Crippen LogP contribution in [0.2, 0.25) is 0 Å². The summed E-state index contributed by atoms with van der Waals surface area (Å²) in [4.78, 5) is 11.4. The van der Waals surface area contributed by atoms with Crippen LogP contribution in [0.1, 0.15) is 39.0 Å². The van der Waals surface area contributed by atoms with E-state index in [1.165, 1.54) is 12.8 Å². The van der Waals surface area contributed by atoms with Crippen molar-refractivity contribution in [2.75, 3.05) is 19.6 Å². The summed E-state index contributed by atoms with van der Waals surface area (Å²) in [5.74, 6) is 0.841. The van der Waals surface area contributed by atoms with E-state index in [2.05, 4.69) is 29.7 Å². The molecular formula is C13H24N2O. The van der Waals surface area contributed by atoms with Gasteiger partial charge >= 0.3 is 0 Å². The van der Waals surface area contributed by atoms with Crippen molar-refractivity contribution in [2.24, 2.45) is 5.92 Å². The Morgan fingerprint density at radius 1 is 1.44 bits per heavy atom. The summed E-state index contributed by atoms with van der Waals surface area (Å²) >= 11 is 0. The summed E-state index contributed by atoms with van der Waals surface area (Å²) in [5.41, 5.74) is 0. The van der Waals surface area contributed by atoms with Crippen molar-refractivity contribution in [1.29, 1.82) is 0 Å². The molecule has 3 heteroatoms. The highest BCUT2D eigenvalue weighted by Crippen LogP contribution is 2.16. The Hall–Kier alpha value is -0.830. The molecule has 16 heavy (non-hydrogen) atoms. The van der Waals surface area contributed by atoms with Crippen molar-refractivity contribution in [2.45, 2.75) is 39.0 Å². The number of hydrogen-bond donors (Lipinski definition) is 2. The van der Waals surface area contributed by atoms with Crippen molar-refractivity contribution in [3.05, 3.63) is 12.2 Å². The first-order valence-electron chi connectivity index (χ1n) is 6.45. The molecule has 92 valence electrons. The van der Waals surface area contributed by atoms with Gasteiger partial charge in [0.05, 0.1) is 6.54 Å². The van der Waals surface area contributed by atoms with Gasteiger partial charge < -0.3 is 10.6 Å². The van der Waals surface area contributed by atoms with E-state index in [0.29, 0.717) is 12.5 Å². The first kappa shape index (κ1) is 13.2. The normalized spacial score (nSPS) is 19.7. The maximum absolute atomic E-state index is 11.4. The Morgan fingerprint density at radius 3 is 3.00 bits per heavy atom. The summed E-state index contributed by atoms with van der Waals surface area (Å²) in [5, 5.41) is 6.14. The molecule has 0 aliphatic heterocycles. The first-order chi connectivity index (χ1) is 7.83. The second kappa shape index (κ2) is 8.34. The zero-order valence-electron chi connectivity index (χ0n) is 10.3. The highest BCUT2D eigenvalue weighted by atomic mass is 16.1. The van der Waals surface area contributed by atoms with E-state index in [1.54, 1.807) is 0 Å². The number of nitrogens with one attached hydrogen (secondary N) is 2. The molecular weight excluding hydrogens is 200 g/mol. The summed E-state index contributed by atoms with van der Waals surface area (Å²) < 4.78 is 0. The monoisotopic (exact) mass is 224 g/mol. The van der Waals surface area contributed by atoms with Crippen LogP contribution in [0, 0.1) is 5.92 Å². The third kappa shape index (κ3) is 5.91. The second-order valence-electron chi connectivity index (χ2n) is 4.48. The maximum Gasteiger partial charge on any atom is 0.233 e. The molecule has 0 spiro atoms. The van der Waals surface area contributed by atoms with Gasteiger partial charge in [-0.1, -0.05) is 25.5 Å². The van der Waals surface area contributed by atoms with Crippen LogP contribution in [0.5, 0.6) is 0 Å². The van der Waals surface area contributed by atoms with Crippen molar-refractivity contribution < 1.29 is 4.79 Å². The first-order valence-corrected chi connectivity index (χ1v) is 6.45. The van der Waals surface area contributed by atoms with Crippen LogP contribution in [0.4, 0.5) is 0 Å². The van der Waals surface area contributed by atoms with Gasteiger partial charge in [0.15, 0.2) is 0 Å². The number of unbranched alkanes of at least 4 members (excludes halogenated alkanes) is 1. The van der Waals surface area contributed by atoms with Gasteiger partial charge in [0.1, 0.15) is 0 Å². The van der Waals surface area contributed by atoms with Crippen molar-refractivity contribution >= 4 is 5.91 Å². The van der Waals surface area contributed by atoms with E-state index in [0.717, 1.165) is 32.4 Å². The maximum atomic E-state index is 11.4. The molecule has 1 atom stereocenters. The van der Waals surface area contributed by atoms with E-state index in [1.807, 2.05) is 0 Å². The lowest BCUT2D eigenvalue weighted by atomic mass is 9.94. The highest BCUT2D eigenvalue weighted by molar-refractivity contribution is 5.77. The molecule has 1 amide bonds. The Morgan fingerprint density at radius 2 is 2.31 bits per heavy atom. The van der Waals surface area contributed by atoms with Gasteiger partial charge in [-0.05, 0) is 38.1 Å². The van der Waals surface area contributed by atoms with Gasteiger partial charge in [-0.3, -0.25) is 4.79 Å². The molecule has 1 rings (SSSR count). The zero-order valence-corrected chi connectivity index (χ0v) is 10.3. The predicted octanol–water partition coefficient (Wildman–Crippen LogP) is 1.85. The molecule has 0 fully saturated rings. The Labute approximate surface area is 98.7 Å². The number of rotatable bonds is 7. The van der Waals surface area contributed by atoms with Crippen LogP contribution in [0.3, 0.4) is 0 Å². The fourth-order valence-corrected chi connectivity index (χ4v) is 1.90. The zero-order chi connectivity index (χ0) is 11.6. The minimum absolute atomic E-state index is 0.125.